The molecule has 17 heavy (non-hydrogen) atoms. The van der Waals surface area contributed by atoms with E-state index in [4.69, 9.17) is 10.5 Å². The summed E-state index contributed by atoms with van der Waals surface area (Å²) in [6.45, 7) is 5.21. The van der Waals surface area contributed by atoms with Crippen LogP contribution in [0.3, 0.4) is 0 Å². The zero-order valence-electron chi connectivity index (χ0n) is 11.1. The van der Waals surface area contributed by atoms with Crippen LogP contribution >= 0.6 is 0 Å². The van der Waals surface area contributed by atoms with Crippen molar-refractivity contribution in [1.29, 1.82) is 0 Å². The van der Waals surface area contributed by atoms with Gasteiger partial charge in [0.2, 0.25) is 0 Å². The van der Waals surface area contributed by atoms with Gasteiger partial charge in [0.25, 0.3) is 0 Å². The minimum absolute atomic E-state index is 0.0161. The smallest absolute Gasteiger partial charge is 0.161 e. The molecular formula is C13H23N3O. The highest BCUT2D eigenvalue weighted by molar-refractivity contribution is 5.29. The third kappa shape index (κ3) is 2.06. The van der Waals surface area contributed by atoms with Gasteiger partial charge in [0.15, 0.2) is 5.75 Å². The quantitative estimate of drug-likeness (QED) is 0.875. The maximum Gasteiger partial charge on any atom is 0.161 e. The van der Waals surface area contributed by atoms with Crippen LogP contribution in [0.15, 0.2) is 6.20 Å². The van der Waals surface area contributed by atoms with Gasteiger partial charge in [-0.3, -0.25) is 4.68 Å². The molecule has 1 aromatic rings. The van der Waals surface area contributed by atoms with Crippen LogP contribution in [0.25, 0.3) is 0 Å². The van der Waals surface area contributed by atoms with Gasteiger partial charge in [-0.05, 0) is 25.2 Å². The van der Waals surface area contributed by atoms with Gasteiger partial charge in [-0.15, -0.1) is 0 Å². The largest absolute Gasteiger partial charge is 0.493 e. The number of nitrogens with zero attached hydrogens (tertiary/aromatic N) is 2. The summed E-state index contributed by atoms with van der Waals surface area (Å²) < 4.78 is 7.36. The summed E-state index contributed by atoms with van der Waals surface area (Å²) in [7, 11) is 1.68. The first kappa shape index (κ1) is 12.4. The predicted octanol–water partition coefficient (Wildman–Crippen LogP) is 2.49. The van der Waals surface area contributed by atoms with Gasteiger partial charge in [0.05, 0.1) is 25.0 Å². The van der Waals surface area contributed by atoms with Crippen LogP contribution in [0.1, 0.15) is 51.3 Å². The summed E-state index contributed by atoms with van der Waals surface area (Å²) >= 11 is 0. The molecular weight excluding hydrogens is 214 g/mol. The molecule has 0 radical (unpaired) electrons. The lowest BCUT2D eigenvalue weighted by atomic mass is 9.79. The van der Waals surface area contributed by atoms with E-state index in [0.29, 0.717) is 0 Å². The molecule has 1 aliphatic carbocycles. The van der Waals surface area contributed by atoms with Crippen LogP contribution in [0, 0.1) is 5.41 Å². The topological polar surface area (TPSA) is 53.1 Å². The minimum Gasteiger partial charge on any atom is -0.493 e. The number of hydrogen-bond donors (Lipinski definition) is 1. The molecule has 2 rings (SSSR count). The van der Waals surface area contributed by atoms with E-state index >= 15 is 0 Å². The van der Waals surface area contributed by atoms with Crippen molar-refractivity contribution in [2.24, 2.45) is 11.1 Å². The van der Waals surface area contributed by atoms with Crippen molar-refractivity contribution in [3.8, 4) is 5.75 Å². The second-order valence-corrected chi connectivity index (χ2v) is 5.25. The van der Waals surface area contributed by atoms with Crippen molar-refractivity contribution < 1.29 is 4.74 Å². The maximum atomic E-state index is 6.49. The molecule has 4 nitrogen and oxygen atoms in total. The first-order valence-electron chi connectivity index (χ1n) is 6.47. The molecule has 1 unspecified atom stereocenters. The van der Waals surface area contributed by atoms with Crippen molar-refractivity contribution in [3.05, 3.63) is 11.9 Å². The maximum absolute atomic E-state index is 6.49. The Morgan fingerprint density at radius 2 is 2.18 bits per heavy atom. The van der Waals surface area contributed by atoms with Crippen LogP contribution in [0.4, 0.5) is 0 Å². The van der Waals surface area contributed by atoms with Crippen molar-refractivity contribution in [2.45, 2.75) is 52.1 Å². The summed E-state index contributed by atoms with van der Waals surface area (Å²) in [6.07, 6.45) is 6.75. The Bertz CT molecular complexity index is 359. The highest BCUT2D eigenvalue weighted by atomic mass is 16.5. The number of aromatic nitrogens is 2. The fourth-order valence-electron chi connectivity index (χ4n) is 2.92. The van der Waals surface area contributed by atoms with Gasteiger partial charge in [0, 0.05) is 6.54 Å². The van der Waals surface area contributed by atoms with Crippen LogP contribution in [0.5, 0.6) is 5.75 Å². The summed E-state index contributed by atoms with van der Waals surface area (Å²) in [5, 5.41) is 4.34. The van der Waals surface area contributed by atoms with Gasteiger partial charge in [-0.25, -0.2) is 0 Å². The molecule has 0 amide bonds. The molecule has 1 atom stereocenters. The molecule has 0 aliphatic heterocycles. The van der Waals surface area contributed by atoms with E-state index in [1.165, 1.54) is 25.7 Å². The van der Waals surface area contributed by atoms with Crippen molar-refractivity contribution in [1.82, 2.24) is 9.78 Å². The van der Waals surface area contributed by atoms with Gasteiger partial charge in [-0.1, -0.05) is 19.8 Å². The predicted molar refractivity (Wildman–Crippen MR) is 68.0 cm³/mol. The summed E-state index contributed by atoms with van der Waals surface area (Å²) in [5.74, 6) is 0.826. The summed E-state index contributed by atoms with van der Waals surface area (Å²) in [4.78, 5) is 0. The normalized spacial score (nSPS) is 20.5. The number of methoxy groups -OCH3 is 1. The minimum atomic E-state index is 0.0161. The highest BCUT2D eigenvalue weighted by Crippen LogP contribution is 2.47. The van der Waals surface area contributed by atoms with E-state index in [2.05, 4.69) is 18.9 Å². The number of ether oxygens (including phenoxy) is 1. The average Bonchev–Trinajstić information content (AvgIpc) is 2.94. The average molecular weight is 237 g/mol. The van der Waals surface area contributed by atoms with Gasteiger partial charge < -0.3 is 10.5 Å². The lowest BCUT2D eigenvalue weighted by molar-refractivity contribution is 0.248. The van der Waals surface area contributed by atoms with Crippen LogP contribution in [-0.2, 0) is 6.54 Å². The second-order valence-electron chi connectivity index (χ2n) is 5.25. The number of nitrogens with two attached hydrogens (primary N) is 1. The molecule has 1 heterocycles. The van der Waals surface area contributed by atoms with Crippen molar-refractivity contribution in [3.63, 3.8) is 0 Å². The third-order valence-electron chi connectivity index (χ3n) is 4.16. The summed E-state index contributed by atoms with van der Waals surface area (Å²) in [5.41, 5.74) is 7.74. The van der Waals surface area contributed by atoms with Gasteiger partial charge in [0.1, 0.15) is 0 Å². The standard InChI is InChI=1S/C13H23N3O/c1-4-16-11(10(17-3)9-15-16)12(14)13(2)7-5-6-8-13/h9,12H,4-8,14H2,1-3H3. The lowest BCUT2D eigenvalue weighted by Gasteiger charge is -2.31. The molecule has 1 aromatic heterocycles. The van der Waals surface area contributed by atoms with Crippen molar-refractivity contribution >= 4 is 0 Å². The third-order valence-corrected chi connectivity index (χ3v) is 4.16. The van der Waals surface area contributed by atoms with Crippen molar-refractivity contribution in [2.75, 3.05) is 7.11 Å². The molecule has 0 aromatic carbocycles. The molecule has 0 saturated heterocycles. The fourth-order valence-corrected chi connectivity index (χ4v) is 2.92. The Morgan fingerprint density at radius 3 is 2.71 bits per heavy atom. The van der Waals surface area contributed by atoms with E-state index in [0.717, 1.165) is 18.0 Å². The van der Waals surface area contributed by atoms with Gasteiger partial charge >= 0.3 is 0 Å². The number of rotatable bonds is 4. The number of aryl methyl sites for hydroxylation is 1. The molecule has 2 N–H and O–H groups in total. The Kier molecular flexibility index (Phi) is 3.43. The Labute approximate surface area is 103 Å². The van der Waals surface area contributed by atoms with Gasteiger partial charge in [-0.2, -0.15) is 5.10 Å². The van der Waals surface area contributed by atoms with Crippen LogP contribution in [-0.4, -0.2) is 16.9 Å². The second kappa shape index (κ2) is 4.69. The zero-order chi connectivity index (χ0) is 12.5. The van der Waals surface area contributed by atoms with E-state index in [1.54, 1.807) is 13.3 Å². The molecule has 1 aliphatic rings. The van der Waals surface area contributed by atoms with Crippen LogP contribution < -0.4 is 10.5 Å². The van der Waals surface area contributed by atoms with E-state index in [9.17, 15) is 0 Å². The molecule has 1 saturated carbocycles. The molecule has 0 spiro atoms. The van der Waals surface area contributed by atoms with Crippen LogP contribution in [0.2, 0.25) is 0 Å². The van der Waals surface area contributed by atoms with E-state index < -0.39 is 0 Å². The van der Waals surface area contributed by atoms with E-state index in [1.807, 2.05) is 4.68 Å². The molecule has 96 valence electrons. The first-order chi connectivity index (χ1) is 8.12. The zero-order valence-corrected chi connectivity index (χ0v) is 11.1. The molecule has 0 bridgehead atoms. The Balaban J connectivity index is 2.34. The Hall–Kier alpha value is -1.03. The monoisotopic (exact) mass is 237 g/mol. The molecule has 4 heteroatoms. The highest BCUT2D eigenvalue weighted by Gasteiger charge is 2.38. The molecule has 1 fully saturated rings. The number of hydrogen-bond acceptors (Lipinski definition) is 3. The summed E-state index contributed by atoms with van der Waals surface area (Å²) in [6, 6.07) is 0.0161. The Morgan fingerprint density at radius 1 is 1.53 bits per heavy atom. The fraction of sp³-hybridized carbons (Fsp3) is 0.769. The SMILES string of the molecule is CCn1ncc(OC)c1C(N)C1(C)CCCC1. The lowest BCUT2D eigenvalue weighted by Crippen LogP contribution is -2.31. The van der Waals surface area contributed by atoms with E-state index in [-0.39, 0.29) is 11.5 Å². The first-order valence-corrected chi connectivity index (χ1v) is 6.47.